The van der Waals surface area contributed by atoms with E-state index in [1.54, 1.807) is 0 Å². The summed E-state index contributed by atoms with van der Waals surface area (Å²) in [5, 5.41) is 8.07. The van der Waals surface area contributed by atoms with Gasteiger partial charge in [-0.25, -0.2) is 15.0 Å². The molecule has 5 rings (SSSR count). The highest BCUT2D eigenvalue weighted by atomic mass is 15.2. The Bertz CT molecular complexity index is 1060. The largest absolute Gasteiger partial charge is 0.365 e. The molecule has 0 atom stereocenters. The van der Waals surface area contributed by atoms with Gasteiger partial charge in [-0.05, 0) is 57.2 Å². The molecule has 1 aliphatic carbocycles. The molecule has 0 spiro atoms. The van der Waals surface area contributed by atoms with Crippen LogP contribution in [0, 0.1) is 0 Å². The van der Waals surface area contributed by atoms with Crippen LogP contribution >= 0.6 is 0 Å². The summed E-state index contributed by atoms with van der Waals surface area (Å²) in [5.74, 6) is 3.20. The van der Waals surface area contributed by atoms with Crippen LogP contribution in [-0.4, -0.2) is 51.7 Å². The van der Waals surface area contributed by atoms with Crippen molar-refractivity contribution in [1.29, 1.82) is 0 Å². The lowest BCUT2D eigenvalue weighted by atomic mass is 10.1. The summed E-state index contributed by atoms with van der Waals surface area (Å²) in [5.41, 5.74) is 3.13. The van der Waals surface area contributed by atoms with Gasteiger partial charge in [-0.2, -0.15) is 0 Å². The quantitative estimate of drug-likeness (QED) is 0.689. The number of hydrogen-bond acceptors (Lipinski definition) is 7. The lowest BCUT2D eigenvalue weighted by Crippen LogP contribution is -2.44. The molecule has 2 aliphatic rings. The topological polar surface area (TPSA) is 78.9 Å². The number of pyridine rings is 2. The highest BCUT2D eigenvalue weighted by molar-refractivity contribution is 5.94. The second-order valence-electron chi connectivity index (χ2n) is 9.31. The maximum absolute atomic E-state index is 5.11. The maximum Gasteiger partial charge on any atom is 0.162 e. The van der Waals surface area contributed by atoms with Crippen LogP contribution in [0.5, 0.6) is 0 Å². The molecule has 4 heterocycles. The van der Waals surface area contributed by atoms with Gasteiger partial charge in [0.05, 0.1) is 11.7 Å². The summed E-state index contributed by atoms with van der Waals surface area (Å²) in [6.45, 7) is 10.2. The Morgan fingerprint density at radius 2 is 1.90 bits per heavy atom. The van der Waals surface area contributed by atoms with Gasteiger partial charge in [-0.15, -0.1) is 0 Å². The Balaban J connectivity index is 1.64. The van der Waals surface area contributed by atoms with Crippen molar-refractivity contribution < 1.29 is 0 Å². The minimum Gasteiger partial charge on any atom is -0.365 e. The SMILES string of the molecule is CC(C)(C)Nc1cc(-c2nc(N3CCNCC3)c3c(C4CC4)cncc3n2)ccn1. The Kier molecular flexibility index (Phi) is 4.77. The molecule has 1 saturated heterocycles. The van der Waals surface area contributed by atoms with Crippen molar-refractivity contribution in [3.05, 3.63) is 36.3 Å². The summed E-state index contributed by atoms with van der Waals surface area (Å²) < 4.78 is 0. The van der Waals surface area contributed by atoms with Crippen molar-refractivity contribution in [2.45, 2.75) is 45.1 Å². The predicted molar refractivity (Wildman–Crippen MR) is 121 cm³/mol. The normalized spacial score (nSPS) is 17.4. The van der Waals surface area contributed by atoms with Crippen molar-refractivity contribution >= 4 is 22.5 Å². The number of rotatable bonds is 4. The van der Waals surface area contributed by atoms with Crippen LogP contribution in [0.4, 0.5) is 11.6 Å². The first-order valence-corrected chi connectivity index (χ1v) is 10.8. The van der Waals surface area contributed by atoms with E-state index in [1.807, 2.05) is 30.7 Å². The lowest BCUT2D eigenvalue weighted by molar-refractivity contribution is 0.586. The molecule has 3 aromatic rings. The highest BCUT2D eigenvalue weighted by Crippen LogP contribution is 2.44. The monoisotopic (exact) mass is 403 g/mol. The third kappa shape index (κ3) is 3.94. The minimum absolute atomic E-state index is 0.0646. The highest BCUT2D eigenvalue weighted by Gasteiger charge is 2.29. The van der Waals surface area contributed by atoms with Gasteiger partial charge in [0.25, 0.3) is 0 Å². The zero-order valence-electron chi connectivity index (χ0n) is 17.9. The second kappa shape index (κ2) is 7.47. The molecule has 1 aliphatic heterocycles. The maximum atomic E-state index is 5.11. The molecule has 0 amide bonds. The number of nitrogens with one attached hydrogen (secondary N) is 2. The number of hydrogen-bond donors (Lipinski definition) is 2. The van der Waals surface area contributed by atoms with Gasteiger partial charge >= 0.3 is 0 Å². The number of fused-ring (bicyclic) bond motifs is 1. The van der Waals surface area contributed by atoms with Crippen molar-refractivity contribution in [1.82, 2.24) is 25.3 Å². The molecule has 0 bridgehead atoms. The van der Waals surface area contributed by atoms with Gasteiger partial charge in [-0.1, -0.05) is 0 Å². The van der Waals surface area contributed by atoms with Crippen LogP contribution in [0.25, 0.3) is 22.3 Å². The van der Waals surface area contributed by atoms with Gasteiger partial charge in [0, 0.05) is 55.1 Å². The van der Waals surface area contributed by atoms with E-state index in [9.17, 15) is 0 Å². The number of nitrogens with zero attached hydrogens (tertiary/aromatic N) is 5. The Morgan fingerprint density at radius 3 is 2.63 bits per heavy atom. The average Bonchev–Trinajstić information content (AvgIpc) is 3.57. The molecule has 156 valence electrons. The summed E-state index contributed by atoms with van der Waals surface area (Å²) in [6, 6.07) is 4.01. The molecular weight excluding hydrogens is 374 g/mol. The first-order valence-electron chi connectivity index (χ1n) is 10.8. The standard InChI is InChI=1S/C23H29N7/c1-23(2,3)29-19-12-16(6-7-26-19)21-27-18-14-25-13-17(15-4-5-15)20(18)22(28-21)30-10-8-24-9-11-30/h6-7,12-15,24H,4-5,8-11H2,1-3H3,(H,26,29). The fourth-order valence-electron chi connectivity index (χ4n) is 4.05. The zero-order chi connectivity index (χ0) is 20.7. The van der Waals surface area contributed by atoms with Crippen LogP contribution in [0.3, 0.4) is 0 Å². The first kappa shape index (κ1) is 19.2. The third-order valence-corrected chi connectivity index (χ3v) is 5.57. The number of piperazine rings is 1. The summed E-state index contributed by atoms with van der Waals surface area (Å²) in [7, 11) is 0. The van der Waals surface area contributed by atoms with E-state index in [4.69, 9.17) is 9.97 Å². The Hall–Kier alpha value is -2.80. The average molecular weight is 404 g/mol. The van der Waals surface area contributed by atoms with Gasteiger partial charge in [0.2, 0.25) is 0 Å². The molecule has 30 heavy (non-hydrogen) atoms. The molecule has 7 heteroatoms. The van der Waals surface area contributed by atoms with E-state index in [1.165, 1.54) is 23.8 Å². The predicted octanol–water partition coefficient (Wildman–Crippen LogP) is 3.58. The minimum atomic E-state index is -0.0646. The van der Waals surface area contributed by atoms with Crippen LogP contribution in [-0.2, 0) is 0 Å². The van der Waals surface area contributed by atoms with Crippen LogP contribution in [0.1, 0.15) is 45.1 Å². The van der Waals surface area contributed by atoms with Crippen LogP contribution < -0.4 is 15.5 Å². The summed E-state index contributed by atoms with van der Waals surface area (Å²) in [6.07, 6.45) is 8.19. The number of aromatic nitrogens is 4. The third-order valence-electron chi connectivity index (χ3n) is 5.57. The molecule has 1 saturated carbocycles. The number of anilines is 2. The van der Waals surface area contributed by atoms with Gasteiger partial charge in [0.1, 0.15) is 11.6 Å². The van der Waals surface area contributed by atoms with E-state index in [-0.39, 0.29) is 5.54 Å². The van der Waals surface area contributed by atoms with Crippen molar-refractivity contribution in [3.8, 4) is 11.4 Å². The molecule has 3 aromatic heterocycles. The van der Waals surface area contributed by atoms with Crippen molar-refractivity contribution in [2.24, 2.45) is 0 Å². The summed E-state index contributed by atoms with van der Waals surface area (Å²) in [4.78, 5) is 21.4. The van der Waals surface area contributed by atoms with Gasteiger partial charge < -0.3 is 15.5 Å². The fourth-order valence-corrected chi connectivity index (χ4v) is 4.05. The van der Waals surface area contributed by atoms with E-state index in [2.05, 4.69) is 46.3 Å². The molecule has 0 radical (unpaired) electrons. The molecular formula is C23H29N7. The van der Waals surface area contributed by atoms with Crippen LogP contribution in [0.15, 0.2) is 30.7 Å². The van der Waals surface area contributed by atoms with E-state index < -0.39 is 0 Å². The van der Waals surface area contributed by atoms with Crippen molar-refractivity contribution in [3.63, 3.8) is 0 Å². The molecule has 2 N–H and O–H groups in total. The Labute approximate surface area is 177 Å². The molecule has 0 aromatic carbocycles. The molecule has 7 nitrogen and oxygen atoms in total. The molecule has 2 fully saturated rings. The van der Waals surface area contributed by atoms with Gasteiger partial charge in [0.15, 0.2) is 5.82 Å². The van der Waals surface area contributed by atoms with Crippen molar-refractivity contribution in [2.75, 3.05) is 36.4 Å². The first-order chi connectivity index (χ1) is 14.5. The summed E-state index contributed by atoms with van der Waals surface area (Å²) >= 11 is 0. The lowest BCUT2D eigenvalue weighted by Gasteiger charge is -2.30. The van der Waals surface area contributed by atoms with Gasteiger partial charge in [-0.3, -0.25) is 4.98 Å². The van der Waals surface area contributed by atoms with Crippen LogP contribution in [0.2, 0.25) is 0 Å². The Morgan fingerprint density at radius 1 is 1.10 bits per heavy atom. The van der Waals surface area contributed by atoms with E-state index >= 15 is 0 Å². The van der Waals surface area contributed by atoms with E-state index in [0.29, 0.717) is 5.92 Å². The van der Waals surface area contributed by atoms with E-state index in [0.717, 1.165) is 54.7 Å². The smallest absolute Gasteiger partial charge is 0.162 e. The molecule has 0 unspecified atom stereocenters. The second-order valence-corrected chi connectivity index (χ2v) is 9.31. The fraction of sp³-hybridized carbons (Fsp3) is 0.478. The zero-order valence-corrected chi connectivity index (χ0v) is 17.9.